The average molecular weight is 785 g/mol. The van der Waals surface area contributed by atoms with Crippen molar-refractivity contribution in [2.75, 3.05) is 0 Å². The molecule has 286 valence electrons. The highest BCUT2D eigenvalue weighted by Gasteiger charge is 2.21. The molecule has 0 saturated carbocycles. The van der Waals surface area contributed by atoms with Crippen molar-refractivity contribution in [2.24, 2.45) is 0 Å². The van der Waals surface area contributed by atoms with Crippen LogP contribution in [0.1, 0.15) is 0 Å². The van der Waals surface area contributed by atoms with E-state index in [9.17, 15) is 0 Å². The van der Waals surface area contributed by atoms with Crippen molar-refractivity contribution in [2.45, 2.75) is 0 Å². The third-order valence-corrected chi connectivity index (χ3v) is 11.2. The summed E-state index contributed by atoms with van der Waals surface area (Å²) in [5, 5.41) is 1.94. The van der Waals surface area contributed by atoms with Gasteiger partial charge in [0.05, 0.1) is 11.0 Å². The summed E-state index contributed by atoms with van der Waals surface area (Å²) in [6, 6.07) is 65.6. The minimum absolute atomic E-state index is 0.489. The Bertz CT molecular complexity index is 3270. The van der Waals surface area contributed by atoms with E-state index in [0.29, 0.717) is 29.4 Å². The van der Waals surface area contributed by atoms with Gasteiger partial charge in [-0.15, -0.1) is 0 Å². The van der Waals surface area contributed by atoms with E-state index in [1.165, 1.54) is 0 Å². The zero-order valence-corrected chi connectivity index (χ0v) is 32.5. The highest BCUT2D eigenvalue weighted by molar-refractivity contribution is 6.11. The second kappa shape index (κ2) is 14.1. The predicted molar refractivity (Wildman–Crippen MR) is 242 cm³/mol. The van der Waals surface area contributed by atoms with Crippen molar-refractivity contribution in [3.8, 4) is 73.9 Å². The Morgan fingerprint density at radius 3 is 1.13 bits per heavy atom. The van der Waals surface area contributed by atoms with Gasteiger partial charge < -0.3 is 8.83 Å². The molecule has 0 bridgehead atoms. The predicted octanol–water partition coefficient (Wildman–Crippen LogP) is 13.3. The second-order valence-electron chi connectivity index (χ2n) is 14.9. The number of para-hydroxylation sites is 4. The van der Waals surface area contributed by atoms with E-state index in [4.69, 9.17) is 33.8 Å². The molecule has 0 spiro atoms. The Balaban J connectivity index is 1.06. The molecule has 0 aliphatic carbocycles. The van der Waals surface area contributed by atoms with E-state index < -0.39 is 0 Å². The fraction of sp³-hybridized carbons (Fsp3) is 0. The van der Waals surface area contributed by atoms with Crippen molar-refractivity contribution in [3.05, 3.63) is 194 Å². The van der Waals surface area contributed by atoms with Crippen LogP contribution in [0.5, 0.6) is 0 Å². The molecule has 12 aromatic rings. The van der Waals surface area contributed by atoms with Crippen LogP contribution in [0, 0.1) is 0 Å². The van der Waals surface area contributed by atoms with E-state index in [0.717, 1.165) is 88.5 Å². The molecule has 12 rings (SSSR count). The maximum atomic E-state index is 6.26. The Kier molecular flexibility index (Phi) is 7.99. The maximum absolute atomic E-state index is 6.26. The summed E-state index contributed by atoms with van der Waals surface area (Å²) < 4.78 is 14.6. The summed E-state index contributed by atoms with van der Waals surface area (Å²) in [7, 11) is 0. The Morgan fingerprint density at radius 2 is 0.689 bits per heavy atom. The molecule has 0 atom stereocenters. The van der Waals surface area contributed by atoms with E-state index in [1.807, 2.05) is 72.8 Å². The number of fused-ring (bicyclic) bond motifs is 5. The van der Waals surface area contributed by atoms with Gasteiger partial charge in [0.1, 0.15) is 11.0 Å². The van der Waals surface area contributed by atoms with Crippen LogP contribution in [0.15, 0.2) is 203 Å². The number of hydrogen-bond donors (Lipinski definition) is 0. The van der Waals surface area contributed by atoms with E-state index in [1.54, 1.807) is 0 Å². The van der Waals surface area contributed by atoms with E-state index in [2.05, 4.69) is 126 Å². The Labute approximate surface area is 349 Å². The third kappa shape index (κ3) is 6.13. The number of oxazole rings is 2. The summed E-state index contributed by atoms with van der Waals surface area (Å²) in [6.07, 6.45) is 0. The first-order chi connectivity index (χ1) is 30.2. The zero-order valence-electron chi connectivity index (χ0n) is 32.5. The van der Waals surface area contributed by atoms with Gasteiger partial charge in [-0.25, -0.2) is 15.0 Å². The monoisotopic (exact) mass is 784 g/mol. The van der Waals surface area contributed by atoms with Crippen molar-refractivity contribution in [1.29, 1.82) is 0 Å². The van der Waals surface area contributed by atoms with Gasteiger partial charge in [0.2, 0.25) is 17.7 Å². The first kappa shape index (κ1) is 34.5. The molecule has 0 saturated heterocycles. The van der Waals surface area contributed by atoms with Crippen LogP contribution >= 0.6 is 0 Å². The van der Waals surface area contributed by atoms with Gasteiger partial charge in [0.25, 0.3) is 0 Å². The van der Waals surface area contributed by atoms with Crippen molar-refractivity contribution < 1.29 is 8.83 Å². The van der Waals surface area contributed by atoms with Crippen LogP contribution in [-0.4, -0.2) is 29.5 Å². The molecular formula is C53H32N6O2. The van der Waals surface area contributed by atoms with Crippen molar-refractivity contribution in [1.82, 2.24) is 29.5 Å². The van der Waals surface area contributed by atoms with E-state index >= 15 is 0 Å². The molecule has 8 aromatic carbocycles. The minimum atomic E-state index is 0.489. The lowest BCUT2D eigenvalue weighted by molar-refractivity contribution is 0.619. The minimum Gasteiger partial charge on any atom is -0.436 e. The summed E-state index contributed by atoms with van der Waals surface area (Å²) in [6.45, 7) is 0. The standard InChI is InChI=1S/C53H32N6O2/c1-3-11-33(12-4-1)35-19-23-37(24-20-35)49-56-50(38-25-21-36(22-26-38)34-13-5-2-6-14-34)58-53(57-49)59-45-29-27-39(51-54-43-15-7-9-17-47(43)60-51)31-41(45)42-32-40(28-30-46(42)59)52-55-44-16-8-10-18-48(44)61-52/h1-32H. The normalized spacial score (nSPS) is 11.6. The van der Waals surface area contributed by atoms with Gasteiger partial charge in [0.15, 0.2) is 22.8 Å². The summed E-state index contributed by atoms with van der Waals surface area (Å²) in [5.41, 5.74) is 12.9. The highest BCUT2D eigenvalue weighted by atomic mass is 16.4. The molecule has 0 aliphatic heterocycles. The number of rotatable bonds is 7. The fourth-order valence-electron chi connectivity index (χ4n) is 8.10. The topological polar surface area (TPSA) is 95.7 Å². The van der Waals surface area contributed by atoms with Gasteiger partial charge >= 0.3 is 0 Å². The molecule has 8 nitrogen and oxygen atoms in total. The van der Waals surface area contributed by atoms with Crippen molar-refractivity contribution in [3.63, 3.8) is 0 Å². The lowest BCUT2D eigenvalue weighted by atomic mass is 10.0. The molecule has 8 heteroatoms. The number of aromatic nitrogens is 6. The summed E-state index contributed by atoms with van der Waals surface area (Å²) in [4.78, 5) is 25.3. The molecule has 4 aromatic heterocycles. The zero-order chi connectivity index (χ0) is 40.3. The number of nitrogens with zero attached hydrogens (tertiary/aromatic N) is 6. The van der Waals surface area contributed by atoms with Crippen LogP contribution in [0.4, 0.5) is 0 Å². The number of hydrogen-bond acceptors (Lipinski definition) is 7. The molecule has 0 radical (unpaired) electrons. The molecule has 0 N–H and O–H groups in total. The molecule has 61 heavy (non-hydrogen) atoms. The molecule has 0 aliphatic rings. The van der Waals surface area contributed by atoms with Crippen LogP contribution in [0.3, 0.4) is 0 Å². The Morgan fingerprint density at radius 1 is 0.311 bits per heavy atom. The highest BCUT2D eigenvalue weighted by Crippen LogP contribution is 2.38. The van der Waals surface area contributed by atoms with Gasteiger partial charge in [0, 0.05) is 33.0 Å². The van der Waals surface area contributed by atoms with Crippen LogP contribution in [0.2, 0.25) is 0 Å². The quantitative estimate of drug-likeness (QED) is 0.159. The molecule has 0 amide bonds. The van der Waals surface area contributed by atoms with Crippen molar-refractivity contribution >= 4 is 44.0 Å². The molecule has 4 heterocycles. The molecular weight excluding hydrogens is 753 g/mol. The maximum Gasteiger partial charge on any atom is 0.238 e. The SMILES string of the molecule is c1ccc(-c2ccc(-c3nc(-c4ccc(-c5ccccc5)cc4)nc(-n4c5ccc(-c6nc7ccccc7o6)cc5c5cc(-c6nc7ccccc7o6)ccc54)n3)cc2)cc1. The Hall–Kier alpha value is -8.49. The molecule has 0 fully saturated rings. The van der Waals surface area contributed by atoms with Crippen LogP contribution in [-0.2, 0) is 0 Å². The molecule has 0 unspecified atom stereocenters. The summed E-state index contributed by atoms with van der Waals surface area (Å²) in [5.74, 6) is 2.70. The van der Waals surface area contributed by atoms with Gasteiger partial charge in [-0.2, -0.15) is 9.97 Å². The van der Waals surface area contributed by atoms with Crippen LogP contribution in [0.25, 0.3) is 118 Å². The van der Waals surface area contributed by atoms with Gasteiger partial charge in [-0.05, 0) is 82.9 Å². The van der Waals surface area contributed by atoms with E-state index in [-0.39, 0.29) is 0 Å². The smallest absolute Gasteiger partial charge is 0.238 e. The first-order valence-corrected chi connectivity index (χ1v) is 20.1. The van der Waals surface area contributed by atoms with Gasteiger partial charge in [-0.3, -0.25) is 4.57 Å². The fourth-order valence-corrected chi connectivity index (χ4v) is 8.10. The lowest BCUT2D eigenvalue weighted by Crippen LogP contribution is -2.06. The third-order valence-electron chi connectivity index (χ3n) is 11.2. The van der Waals surface area contributed by atoms with Gasteiger partial charge in [-0.1, -0.05) is 133 Å². The second-order valence-corrected chi connectivity index (χ2v) is 14.9. The lowest BCUT2D eigenvalue weighted by Gasteiger charge is -2.12. The van der Waals surface area contributed by atoms with Crippen LogP contribution < -0.4 is 0 Å². The largest absolute Gasteiger partial charge is 0.436 e. The average Bonchev–Trinajstić information content (AvgIpc) is 4.06. The first-order valence-electron chi connectivity index (χ1n) is 20.1. The number of benzene rings is 8. The summed E-state index contributed by atoms with van der Waals surface area (Å²) >= 11 is 0.